The van der Waals surface area contributed by atoms with Gasteiger partial charge in [-0.05, 0) is 53.5 Å². The van der Waals surface area contributed by atoms with Gasteiger partial charge in [0.05, 0.1) is 26.0 Å². The Balaban J connectivity index is 1.49. The molecule has 2 heterocycles. The van der Waals surface area contributed by atoms with E-state index in [1.165, 1.54) is 16.2 Å². The summed E-state index contributed by atoms with van der Waals surface area (Å²) in [6, 6.07) is 18.5. The average Bonchev–Trinajstić information content (AvgIpc) is 3.36. The minimum Gasteiger partial charge on any atom is -0.274 e. The molecule has 4 nitrogen and oxygen atoms in total. The van der Waals surface area contributed by atoms with E-state index in [1.807, 2.05) is 24.3 Å². The molecule has 0 unspecified atom stereocenters. The van der Waals surface area contributed by atoms with Crippen molar-refractivity contribution < 1.29 is 9.59 Å². The number of halogens is 2. The molecule has 168 valence electrons. The second kappa shape index (κ2) is 6.90. The van der Waals surface area contributed by atoms with Gasteiger partial charge in [-0.25, -0.2) is 4.90 Å². The molecule has 0 spiro atoms. The third-order valence-electron chi connectivity index (χ3n) is 8.05. The first-order valence-electron chi connectivity index (χ1n) is 11.4. The molecule has 34 heavy (non-hydrogen) atoms. The summed E-state index contributed by atoms with van der Waals surface area (Å²) in [4.78, 5) is 31.0. The van der Waals surface area contributed by atoms with Gasteiger partial charge in [0.1, 0.15) is 11.1 Å². The summed E-state index contributed by atoms with van der Waals surface area (Å²) in [6.07, 6.45) is 3.84. The highest BCUT2D eigenvalue weighted by Gasteiger charge is 2.72. The molecule has 4 aliphatic carbocycles. The minimum atomic E-state index is -0.814. The number of thiophene rings is 1. The zero-order valence-electron chi connectivity index (χ0n) is 18.0. The maximum absolute atomic E-state index is 14.2. The van der Waals surface area contributed by atoms with Crippen LogP contribution in [0.5, 0.6) is 0 Å². The van der Waals surface area contributed by atoms with Crippen molar-refractivity contribution in [2.45, 2.75) is 34.3 Å². The second-order valence-electron chi connectivity index (χ2n) is 9.48. The van der Waals surface area contributed by atoms with Crippen molar-refractivity contribution in [3.63, 3.8) is 0 Å². The van der Waals surface area contributed by atoms with Crippen LogP contribution in [0.2, 0.25) is 0 Å². The molecule has 3 aromatic rings. The zero-order valence-corrected chi connectivity index (χ0v) is 22.0. The first-order valence-corrected chi connectivity index (χ1v) is 13.8. The van der Waals surface area contributed by atoms with Crippen LogP contribution in [-0.2, 0) is 31.1 Å². The summed E-state index contributed by atoms with van der Waals surface area (Å²) in [5.74, 6) is -1.69. The van der Waals surface area contributed by atoms with Crippen molar-refractivity contribution in [1.82, 2.24) is 0 Å². The van der Waals surface area contributed by atoms with E-state index in [1.54, 1.807) is 0 Å². The van der Waals surface area contributed by atoms with Crippen molar-refractivity contribution in [2.75, 3.05) is 4.90 Å². The number of carbonyl (C=O) groups is 2. The van der Waals surface area contributed by atoms with Gasteiger partial charge in [0.15, 0.2) is 0 Å². The highest BCUT2D eigenvalue weighted by atomic mass is 79.9. The van der Waals surface area contributed by atoms with Crippen LogP contribution in [0.25, 0.3) is 0 Å². The van der Waals surface area contributed by atoms with E-state index < -0.39 is 20.5 Å². The van der Waals surface area contributed by atoms with E-state index in [2.05, 4.69) is 62.2 Å². The second-order valence-corrected chi connectivity index (χ2v) is 13.1. The molecule has 1 aliphatic heterocycles. The molecule has 2 aromatic carbocycles. The predicted octanol–water partition coefficient (Wildman–Crippen LogP) is 5.91. The fraction of sp³-hybridized carbons (Fsp3) is 0.296. The van der Waals surface area contributed by atoms with Gasteiger partial charge in [0, 0.05) is 4.88 Å². The number of rotatable bonds is 1. The lowest BCUT2D eigenvalue weighted by molar-refractivity contribution is -0.122. The lowest BCUT2D eigenvalue weighted by atomic mass is 9.54. The van der Waals surface area contributed by atoms with Gasteiger partial charge in [0.25, 0.3) is 0 Å². The molecule has 5 aliphatic rings. The number of fused-ring (bicyclic) bond motifs is 1. The Bertz CT molecular complexity index is 1360. The monoisotopic (exact) mass is 592 g/mol. The number of nitriles is 1. The fourth-order valence-electron chi connectivity index (χ4n) is 6.69. The molecule has 1 fully saturated rings. The van der Waals surface area contributed by atoms with Gasteiger partial charge >= 0.3 is 0 Å². The molecule has 7 heteroatoms. The van der Waals surface area contributed by atoms with E-state index in [0.29, 0.717) is 10.6 Å². The van der Waals surface area contributed by atoms with Crippen LogP contribution < -0.4 is 4.90 Å². The number of carbonyl (C=O) groups excluding carboxylic acids is 2. The first kappa shape index (κ1) is 21.0. The van der Waals surface area contributed by atoms with Crippen LogP contribution >= 0.6 is 43.2 Å². The van der Waals surface area contributed by atoms with E-state index in [9.17, 15) is 14.9 Å². The van der Waals surface area contributed by atoms with Gasteiger partial charge in [0.2, 0.25) is 11.8 Å². The largest absolute Gasteiger partial charge is 0.274 e. The third-order valence-corrected chi connectivity index (χ3v) is 12.0. The SMILES string of the molecule is N#Cc1c(N2C(=O)[C@H]3[C@H](C2=O)C2(Br)c4ccccc4C3(Br)c3ccccc32)sc2c1CCCC2. The number of benzene rings is 2. The molecule has 2 atom stereocenters. The maximum Gasteiger partial charge on any atom is 0.240 e. The van der Waals surface area contributed by atoms with Crippen molar-refractivity contribution in [1.29, 1.82) is 5.26 Å². The molecule has 0 radical (unpaired) electrons. The highest BCUT2D eigenvalue weighted by Crippen LogP contribution is 2.71. The van der Waals surface area contributed by atoms with E-state index in [0.717, 1.165) is 58.4 Å². The van der Waals surface area contributed by atoms with Gasteiger partial charge in [-0.3, -0.25) is 9.59 Å². The maximum atomic E-state index is 14.2. The molecular weight excluding hydrogens is 576 g/mol. The Kier molecular flexibility index (Phi) is 4.27. The number of alkyl halides is 2. The van der Waals surface area contributed by atoms with Gasteiger partial charge in [-0.15, -0.1) is 11.3 Å². The normalized spacial score (nSPS) is 30.4. The number of nitrogens with zero attached hydrogens (tertiary/aromatic N) is 2. The lowest BCUT2D eigenvalue weighted by Gasteiger charge is -2.55. The number of imide groups is 1. The predicted molar refractivity (Wildman–Crippen MR) is 137 cm³/mol. The molecule has 2 bridgehead atoms. The molecule has 2 amide bonds. The number of hydrogen-bond acceptors (Lipinski definition) is 4. The summed E-state index contributed by atoms with van der Waals surface area (Å²) in [5, 5.41) is 10.6. The average molecular weight is 594 g/mol. The summed E-state index contributed by atoms with van der Waals surface area (Å²) in [5.41, 5.74) is 5.60. The van der Waals surface area contributed by atoms with Crippen LogP contribution in [0, 0.1) is 23.2 Å². The summed E-state index contributed by atoms with van der Waals surface area (Å²) in [6.45, 7) is 0. The van der Waals surface area contributed by atoms with E-state index in [-0.39, 0.29) is 11.8 Å². The number of amides is 2. The Morgan fingerprint density at radius 2 is 1.32 bits per heavy atom. The smallest absolute Gasteiger partial charge is 0.240 e. The van der Waals surface area contributed by atoms with Crippen LogP contribution in [-0.4, -0.2) is 11.8 Å². The van der Waals surface area contributed by atoms with Crippen molar-refractivity contribution in [2.24, 2.45) is 11.8 Å². The first-order chi connectivity index (χ1) is 16.4. The van der Waals surface area contributed by atoms with E-state index >= 15 is 0 Å². The standard InChI is InChI=1S/C27H18Br2N2O2S/c28-26-16-8-2-3-9-17(16)27(29,19-11-5-4-10-18(19)26)22-21(26)23(32)31(24(22)33)25-15(13-30)14-7-1-6-12-20(14)34-25/h2-5,8-11,21-22H,1,6-7,12H2/t21-,22-,26?,27?/m1/s1. The van der Waals surface area contributed by atoms with Crippen molar-refractivity contribution in [3.05, 3.63) is 86.8 Å². The van der Waals surface area contributed by atoms with E-state index in [4.69, 9.17) is 0 Å². The Morgan fingerprint density at radius 1 is 0.853 bits per heavy atom. The molecule has 1 aromatic heterocycles. The number of anilines is 1. The van der Waals surface area contributed by atoms with Crippen molar-refractivity contribution in [3.8, 4) is 6.07 Å². The summed E-state index contributed by atoms with van der Waals surface area (Å²) >= 11 is 9.54. The Morgan fingerprint density at radius 3 is 1.79 bits per heavy atom. The topological polar surface area (TPSA) is 61.2 Å². The van der Waals surface area contributed by atoms with Crippen molar-refractivity contribution >= 4 is 60.0 Å². The van der Waals surface area contributed by atoms with Crippen LogP contribution in [0.15, 0.2) is 48.5 Å². The summed E-state index contributed by atoms with van der Waals surface area (Å²) in [7, 11) is 0. The van der Waals surface area contributed by atoms with Gasteiger partial charge in [-0.2, -0.15) is 5.26 Å². The highest BCUT2D eigenvalue weighted by molar-refractivity contribution is 9.10. The van der Waals surface area contributed by atoms with Crippen LogP contribution in [0.3, 0.4) is 0 Å². The van der Waals surface area contributed by atoms with Gasteiger partial charge < -0.3 is 0 Å². The quantitative estimate of drug-likeness (QED) is 0.260. The molecule has 0 saturated carbocycles. The van der Waals surface area contributed by atoms with Crippen LogP contribution in [0.1, 0.15) is 51.1 Å². The zero-order chi connectivity index (χ0) is 23.4. The molecule has 0 N–H and O–H groups in total. The lowest BCUT2D eigenvalue weighted by Crippen LogP contribution is -2.56. The Hall–Kier alpha value is -2.27. The Labute approximate surface area is 217 Å². The molecular formula is C27H18Br2N2O2S. The molecule has 1 saturated heterocycles. The fourth-order valence-corrected chi connectivity index (χ4v) is 10.3. The number of hydrogen-bond donors (Lipinski definition) is 0. The number of aryl methyl sites for hydroxylation is 1. The summed E-state index contributed by atoms with van der Waals surface area (Å²) < 4.78 is -1.63. The third kappa shape index (κ3) is 2.24. The van der Waals surface area contributed by atoms with Crippen LogP contribution in [0.4, 0.5) is 5.00 Å². The minimum absolute atomic E-state index is 0.227. The van der Waals surface area contributed by atoms with Gasteiger partial charge in [-0.1, -0.05) is 80.4 Å². The molecule has 8 rings (SSSR count).